The molecule has 0 spiro atoms. The number of carbonyl (C=O) groups excluding carboxylic acids is 1. The fourth-order valence-electron chi connectivity index (χ4n) is 1.46. The normalized spacial score (nSPS) is 12.9. The minimum absolute atomic E-state index is 0.0970. The maximum absolute atomic E-state index is 10.7. The average Bonchev–Trinajstić information content (AvgIpc) is 2.59. The van der Waals surface area contributed by atoms with Gasteiger partial charge in [-0.05, 0) is 12.1 Å². The van der Waals surface area contributed by atoms with Crippen molar-refractivity contribution in [2.24, 2.45) is 11.5 Å². The fourth-order valence-corrected chi connectivity index (χ4v) is 1.46. The highest BCUT2D eigenvalue weighted by molar-refractivity contribution is 5.76. The zero-order chi connectivity index (χ0) is 10.8. The van der Waals surface area contributed by atoms with Crippen molar-refractivity contribution in [3.05, 3.63) is 30.1 Å². The second-order valence-corrected chi connectivity index (χ2v) is 3.42. The minimum Gasteiger partial charge on any atom is -0.370 e. The van der Waals surface area contributed by atoms with Gasteiger partial charge in [0.1, 0.15) is 5.82 Å². The highest BCUT2D eigenvalue weighted by Crippen LogP contribution is 2.15. The second kappa shape index (κ2) is 3.70. The van der Waals surface area contributed by atoms with Crippen LogP contribution < -0.4 is 11.5 Å². The van der Waals surface area contributed by atoms with Crippen molar-refractivity contribution in [1.29, 1.82) is 0 Å². The van der Waals surface area contributed by atoms with Gasteiger partial charge in [0.2, 0.25) is 5.91 Å². The number of nitrogens with one attached hydrogen (secondary N) is 1. The molecule has 1 atom stereocenters. The average molecular weight is 204 g/mol. The molecule has 5 N–H and O–H groups in total. The number of rotatable bonds is 3. The summed E-state index contributed by atoms with van der Waals surface area (Å²) in [7, 11) is 0. The van der Waals surface area contributed by atoms with Gasteiger partial charge < -0.3 is 16.5 Å². The highest BCUT2D eigenvalue weighted by Gasteiger charge is 2.13. The molecular weight excluding hydrogens is 192 g/mol. The number of nitrogens with zero attached hydrogens (tertiary/aromatic N) is 1. The third kappa shape index (κ3) is 1.97. The molecule has 0 aliphatic heterocycles. The van der Waals surface area contributed by atoms with Crippen LogP contribution in [0.2, 0.25) is 0 Å². The Labute approximate surface area is 86.5 Å². The number of fused-ring (bicyclic) bond motifs is 1. The van der Waals surface area contributed by atoms with E-state index in [0.717, 1.165) is 11.0 Å². The first-order valence-corrected chi connectivity index (χ1v) is 4.65. The smallest absolute Gasteiger partial charge is 0.219 e. The summed E-state index contributed by atoms with van der Waals surface area (Å²) in [6, 6.07) is 7.13. The number of aromatic amines is 1. The summed E-state index contributed by atoms with van der Waals surface area (Å²) in [6.07, 6.45) is 0.0970. The van der Waals surface area contributed by atoms with Gasteiger partial charge in [-0.3, -0.25) is 4.79 Å². The predicted octanol–water partition coefficient (Wildman–Crippen LogP) is 0.438. The van der Waals surface area contributed by atoms with Gasteiger partial charge in [-0.15, -0.1) is 0 Å². The fraction of sp³-hybridized carbons (Fsp3) is 0.200. The number of aromatic nitrogens is 2. The summed E-state index contributed by atoms with van der Waals surface area (Å²) in [4.78, 5) is 18.0. The Kier molecular flexibility index (Phi) is 2.39. The predicted molar refractivity (Wildman–Crippen MR) is 56.8 cm³/mol. The molecule has 15 heavy (non-hydrogen) atoms. The highest BCUT2D eigenvalue weighted by atomic mass is 16.1. The van der Waals surface area contributed by atoms with Crippen molar-refractivity contribution in [3.63, 3.8) is 0 Å². The Morgan fingerprint density at radius 2 is 2.20 bits per heavy atom. The molecule has 0 saturated carbocycles. The van der Waals surface area contributed by atoms with E-state index >= 15 is 0 Å². The van der Waals surface area contributed by atoms with Crippen LogP contribution in [-0.2, 0) is 4.79 Å². The van der Waals surface area contributed by atoms with E-state index in [0.29, 0.717) is 5.82 Å². The Balaban J connectivity index is 2.32. The summed E-state index contributed by atoms with van der Waals surface area (Å²) in [5.41, 5.74) is 12.6. The lowest BCUT2D eigenvalue weighted by atomic mass is 10.2. The van der Waals surface area contributed by atoms with Crippen molar-refractivity contribution >= 4 is 16.9 Å². The zero-order valence-corrected chi connectivity index (χ0v) is 8.10. The van der Waals surface area contributed by atoms with Gasteiger partial charge in [0.05, 0.1) is 17.1 Å². The van der Waals surface area contributed by atoms with E-state index in [1.54, 1.807) is 0 Å². The molecule has 1 amide bonds. The zero-order valence-electron chi connectivity index (χ0n) is 8.10. The molecule has 78 valence electrons. The number of imidazole rings is 1. The standard InChI is InChI=1S/C10H12N4O/c11-6(5-9(12)15)10-13-7-3-1-2-4-8(7)14-10/h1-4,6H,5,11H2,(H2,12,15)(H,13,14)/t6-/m1/s1. The first-order chi connectivity index (χ1) is 7.16. The molecule has 0 saturated heterocycles. The minimum atomic E-state index is -0.463. The number of hydrogen-bond donors (Lipinski definition) is 3. The SMILES string of the molecule is NC(=O)C[C@@H](N)c1nc2ccccc2[nH]1. The Bertz CT molecular complexity index is 458. The number of para-hydroxylation sites is 2. The maximum atomic E-state index is 10.7. The van der Waals surface area contributed by atoms with Crippen LogP contribution in [0.1, 0.15) is 18.3 Å². The number of primary amides is 1. The van der Waals surface area contributed by atoms with Crippen LogP contribution in [-0.4, -0.2) is 15.9 Å². The molecule has 5 heteroatoms. The van der Waals surface area contributed by atoms with E-state index < -0.39 is 11.9 Å². The molecule has 0 fully saturated rings. The van der Waals surface area contributed by atoms with Gasteiger partial charge in [0.25, 0.3) is 0 Å². The van der Waals surface area contributed by atoms with Gasteiger partial charge in [0, 0.05) is 6.42 Å². The van der Waals surface area contributed by atoms with E-state index in [1.165, 1.54) is 0 Å². The van der Waals surface area contributed by atoms with Crippen LogP contribution in [0.15, 0.2) is 24.3 Å². The van der Waals surface area contributed by atoms with Crippen molar-refractivity contribution in [1.82, 2.24) is 9.97 Å². The summed E-state index contributed by atoms with van der Waals surface area (Å²) in [5, 5.41) is 0. The van der Waals surface area contributed by atoms with Gasteiger partial charge in [0.15, 0.2) is 0 Å². The summed E-state index contributed by atoms with van der Waals surface area (Å²) in [5.74, 6) is 0.165. The van der Waals surface area contributed by atoms with Gasteiger partial charge in [-0.25, -0.2) is 4.98 Å². The lowest BCUT2D eigenvalue weighted by Crippen LogP contribution is -2.21. The molecule has 0 aliphatic rings. The number of nitrogens with two attached hydrogens (primary N) is 2. The van der Waals surface area contributed by atoms with Crippen molar-refractivity contribution in [2.45, 2.75) is 12.5 Å². The van der Waals surface area contributed by atoms with Crippen LogP contribution in [0.25, 0.3) is 11.0 Å². The quantitative estimate of drug-likeness (QED) is 0.676. The maximum Gasteiger partial charge on any atom is 0.219 e. The molecule has 5 nitrogen and oxygen atoms in total. The number of hydrogen-bond acceptors (Lipinski definition) is 3. The van der Waals surface area contributed by atoms with E-state index in [1.807, 2.05) is 24.3 Å². The van der Waals surface area contributed by atoms with Crippen LogP contribution >= 0.6 is 0 Å². The van der Waals surface area contributed by atoms with E-state index in [9.17, 15) is 4.79 Å². The van der Waals surface area contributed by atoms with E-state index in [2.05, 4.69) is 9.97 Å². The number of H-pyrrole nitrogens is 1. The van der Waals surface area contributed by atoms with Gasteiger partial charge in [-0.1, -0.05) is 12.1 Å². The molecule has 1 heterocycles. The van der Waals surface area contributed by atoms with Gasteiger partial charge in [-0.2, -0.15) is 0 Å². The van der Waals surface area contributed by atoms with Crippen LogP contribution in [0.5, 0.6) is 0 Å². The Morgan fingerprint density at radius 3 is 2.87 bits per heavy atom. The van der Waals surface area contributed by atoms with E-state index in [-0.39, 0.29) is 6.42 Å². The molecule has 0 bridgehead atoms. The summed E-state index contributed by atoms with van der Waals surface area (Å²) >= 11 is 0. The van der Waals surface area contributed by atoms with Crippen molar-refractivity contribution in [2.75, 3.05) is 0 Å². The second-order valence-electron chi connectivity index (χ2n) is 3.42. The number of benzene rings is 1. The van der Waals surface area contributed by atoms with Crippen LogP contribution in [0.4, 0.5) is 0 Å². The molecule has 1 aromatic carbocycles. The van der Waals surface area contributed by atoms with Crippen LogP contribution in [0.3, 0.4) is 0 Å². The molecule has 0 unspecified atom stereocenters. The third-order valence-electron chi connectivity index (χ3n) is 2.18. The molecule has 0 aliphatic carbocycles. The summed E-state index contributed by atoms with van der Waals surface area (Å²) in [6.45, 7) is 0. The summed E-state index contributed by atoms with van der Waals surface area (Å²) < 4.78 is 0. The molecule has 0 radical (unpaired) electrons. The first kappa shape index (κ1) is 9.67. The Hall–Kier alpha value is -1.88. The molecule has 2 aromatic rings. The van der Waals surface area contributed by atoms with Crippen molar-refractivity contribution in [3.8, 4) is 0 Å². The van der Waals surface area contributed by atoms with Crippen LogP contribution in [0, 0.1) is 0 Å². The molecular formula is C10H12N4O. The lowest BCUT2D eigenvalue weighted by Gasteiger charge is -2.04. The topological polar surface area (TPSA) is 97.8 Å². The Morgan fingerprint density at radius 1 is 1.47 bits per heavy atom. The number of amides is 1. The largest absolute Gasteiger partial charge is 0.370 e. The lowest BCUT2D eigenvalue weighted by molar-refractivity contribution is -0.118. The third-order valence-corrected chi connectivity index (χ3v) is 2.18. The number of carbonyl (C=O) groups is 1. The van der Waals surface area contributed by atoms with Gasteiger partial charge >= 0.3 is 0 Å². The monoisotopic (exact) mass is 204 g/mol. The molecule has 2 rings (SSSR count). The van der Waals surface area contributed by atoms with Crippen molar-refractivity contribution < 1.29 is 4.79 Å². The first-order valence-electron chi connectivity index (χ1n) is 4.65. The van der Waals surface area contributed by atoms with E-state index in [4.69, 9.17) is 11.5 Å². The molecule has 1 aromatic heterocycles.